The molecule has 1 N–H and O–H groups in total. The van der Waals surface area contributed by atoms with Crippen LogP contribution in [0.3, 0.4) is 0 Å². The second-order valence-electron chi connectivity index (χ2n) is 6.92. The molecule has 0 saturated heterocycles. The van der Waals surface area contributed by atoms with Gasteiger partial charge in [0.2, 0.25) is 0 Å². The smallest absolute Gasteiger partial charge is 0.258 e. The molecule has 2 rings (SSSR count). The summed E-state index contributed by atoms with van der Waals surface area (Å²) in [5.41, 5.74) is 4.60. The molecule has 2 aromatic rings. The van der Waals surface area contributed by atoms with Crippen LogP contribution in [-0.4, -0.2) is 12.5 Å². The van der Waals surface area contributed by atoms with E-state index in [1.165, 1.54) is 5.56 Å². The summed E-state index contributed by atoms with van der Waals surface area (Å²) in [6.45, 7) is 10.5. The van der Waals surface area contributed by atoms with Crippen LogP contribution in [0.1, 0.15) is 61.4 Å². The quantitative estimate of drug-likeness (QED) is 0.764. The van der Waals surface area contributed by atoms with Crippen LogP contribution in [-0.2, 0) is 4.79 Å². The number of amides is 1. The van der Waals surface area contributed by atoms with Crippen molar-refractivity contribution < 1.29 is 9.53 Å². The van der Waals surface area contributed by atoms with E-state index in [1.807, 2.05) is 13.0 Å². The molecule has 0 saturated carbocycles. The third kappa shape index (κ3) is 5.35. The van der Waals surface area contributed by atoms with E-state index < -0.39 is 0 Å². The lowest BCUT2D eigenvalue weighted by Crippen LogP contribution is -2.32. The second kappa shape index (κ2) is 8.70. The normalized spacial score (nSPS) is 12.1. The maximum atomic E-state index is 12.4. The summed E-state index contributed by atoms with van der Waals surface area (Å²) in [6, 6.07) is 14.5. The molecule has 0 aliphatic carbocycles. The molecule has 0 heterocycles. The van der Waals surface area contributed by atoms with Gasteiger partial charge in [0.15, 0.2) is 6.61 Å². The van der Waals surface area contributed by atoms with Gasteiger partial charge in [0, 0.05) is 0 Å². The van der Waals surface area contributed by atoms with E-state index in [0.717, 1.165) is 28.9 Å². The molecular weight excluding hydrogens is 310 g/mol. The van der Waals surface area contributed by atoms with Gasteiger partial charge in [0.05, 0.1) is 6.04 Å². The van der Waals surface area contributed by atoms with Crippen LogP contribution in [0.5, 0.6) is 5.75 Å². The van der Waals surface area contributed by atoms with E-state index in [-0.39, 0.29) is 18.6 Å². The lowest BCUT2D eigenvalue weighted by molar-refractivity contribution is -0.123. The number of aryl methyl sites for hydroxylation is 2. The Morgan fingerprint density at radius 2 is 1.68 bits per heavy atom. The Labute approximate surface area is 151 Å². The van der Waals surface area contributed by atoms with Gasteiger partial charge in [-0.25, -0.2) is 0 Å². The largest absolute Gasteiger partial charge is 0.483 e. The van der Waals surface area contributed by atoms with Crippen molar-refractivity contribution in [3.05, 3.63) is 64.7 Å². The van der Waals surface area contributed by atoms with Crippen LogP contribution in [0.4, 0.5) is 0 Å². The van der Waals surface area contributed by atoms with Crippen LogP contribution >= 0.6 is 0 Å². The van der Waals surface area contributed by atoms with Gasteiger partial charge >= 0.3 is 0 Å². The zero-order valence-corrected chi connectivity index (χ0v) is 15.9. The highest BCUT2D eigenvalue weighted by Gasteiger charge is 2.14. The first-order valence-corrected chi connectivity index (χ1v) is 9.00. The number of nitrogens with one attached hydrogen (secondary N) is 1. The Bertz CT molecular complexity index is 704. The molecule has 25 heavy (non-hydrogen) atoms. The lowest BCUT2D eigenvalue weighted by Gasteiger charge is -2.19. The van der Waals surface area contributed by atoms with Gasteiger partial charge in [-0.1, -0.05) is 62.7 Å². The molecule has 0 aliphatic rings. The third-order valence-electron chi connectivity index (χ3n) is 4.37. The highest BCUT2D eigenvalue weighted by molar-refractivity contribution is 5.78. The molecule has 0 aromatic heterocycles. The van der Waals surface area contributed by atoms with Gasteiger partial charge < -0.3 is 10.1 Å². The second-order valence-corrected chi connectivity index (χ2v) is 6.92. The molecule has 0 radical (unpaired) electrons. The van der Waals surface area contributed by atoms with Crippen LogP contribution in [0.25, 0.3) is 0 Å². The average molecular weight is 339 g/mol. The maximum Gasteiger partial charge on any atom is 0.258 e. The number of carbonyl (C=O) groups is 1. The van der Waals surface area contributed by atoms with Crippen molar-refractivity contribution in [1.82, 2.24) is 5.32 Å². The van der Waals surface area contributed by atoms with Gasteiger partial charge in [-0.15, -0.1) is 0 Å². The molecule has 0 fully saturated rings. The summed E-state index contributed by atoms with van der Waals surface area (Å²) in [5, 5.41) is 3.07. The summed E-state index contributed by atoms with van der Waals surface area (Å²) in [6.07, 6.45) is 0.844. The van der Waals surface area contributed by atoms with Crippen LogP contribution < -0.4 is 10.1 Å². The molecule has 0 spiro atoms. The third-order valence-corrected chi connectivity index (χ3v) is 4.37. The van der Waals surface area contributed by atoms with E-state index in [1.54, 1.807) is 0 Å². The van der Waals surface area contributed by atoms with Crippen molar-refractivity contribution in [2.24, 2.45) is 0 Å². The molecule has 1 atom stereocenters. The topological polar surface area (TPSA) is 38.3 Å². The number of rotatable bonds is 7. The summed E-state index contributed by atoms with van der Waals surface area (Å²) in [4.78, 5) is 12.4. The van der Waals surface area contributed by atoms with Crippen molar-refractivity contribution in [2.45, 2.75) is 53.0 Å². The summed E-state index contributed by atoms with van der Waals surface area (Å²) >= 11 is 0. The van der Waals surface area contributed by atoms with Crippen LogP contribution in [0, 0.1) is 13.8 Å². The van der Waals surface area contributed by atoms with E-state index in [0.29, 0.717) is 5.92 Å². The Morgan fingerprint density at radius 1 is 1.04 bits per heavy atom. The number of carbonyl (C=O) groups excluding carboxylic acids is 1. The fourth-order valence-corrected chi connectivity index (χ4v) is 2.84. The molecule has 2 aromatic carbocycles. The van der Waals surface area contributed by atoms with Gasteiger partial charge in [0.1, 0.15) is 5.75 Å². The predicted molar refractivity (Wildman–Crippen MR) is 103 cm³/mol. The summed E-state index contributed by atoms with van der Waals surface area (Å²) in [7, 11) is 0. The Morgan fingerprint density at radius 3 is 2.28 bits per heavy atom. The molecule has 0 aliphatic heterocycles. The van der Waals surface area contributed by atoms with E-state index >= 15 is 0 Å². The monoisotopic (exact) mass is 339 g/mol. The highest BCUT2D eigenvalue weighted by Crippen LogP contribution is 2.27. The van der Waals surface area contributed by atoms with Crippen molar-refractivity contribution in [2.75, 3.05) is 6.61 Å². The molecule has 134 valence electrons. The van der Waals surface area contributed by atoms with E-state index in [2.05, 4.69) is 69.4 Å². The van der Waals surface area contributed by atoms with Gasteiger partial charge in [-0.3, -0.25) is 4.79 Å². The SMILES string of the molecule is CC[C@H](NC(=O)COc1cc(C)ccc1C(C)C)c1ccc(C)cc1. The molecule has 3 heteroatoms. The number of hydrogen-bond acceptors (Lipinski definition) is 2. The maximum absolute atomic E-state index is 12.4. The van der Waals surface area contributed by atoms with Crippen molar-refractivity contribution in [3.8, 4) is 5.75 Å². The molecule has 3 nitrogen and oxygen atoms in total. The first-order chi connectivity index (χ1) is 11.9. The minimum absolute atomic E-state index is 0.0128. The Balaban J connectivity index is 2.00. The molecular formula is C22H29NO2. The molecule has 0 bridgehead atoms. The van der Waals surface area contributed by atoms with Crippen molar-refractivity contribution in [3.63, 3.8) is 0 Å². The Kier molecular flexibility index (Phi) is 6.63. The van der Waals surface area contributed by atoms with Gasteiger partial charge in [-0.05, 0) is 48.9 Å². The highest BCUT2D eigenvalue weighted by atomic mass is 16.5. The fraction of sp³-hybridized carbons (Fsp3) is 0.409. The lowest BCUT2D eigenvalue weighted by atomic mass is 10.0. The molecule has 0 unspecified atom stereocenters. The minimum atomic E-state index is -0.0939. The predicted octanol–water partition coefficient (Wildman–Crippen LogP) is 5.07. The van der Waals surface area contributed by atoms with Gasteiger partial charge in [0.25, 0.3) is 5.91 Å². The Hall–Kier alpha value is -2.29. The van der Waals surface area contributed by atoms with E-state index in [9.17, 15) is 4.79 Å². The van der Waals surface area contributed by atoms with Crippen molar-refractivity contribution >= 4 is 5.91 Å². The summed E-state index contributed by atoms with van der Waals surface area (Å²) in [5.74, 6) is 1.06. The summed E-state index contributed by atoms with van der Waals surface area (Å²) < 4.78 is 5.83. The van der Waals surface area contributed by atoms with Crippen LogP contribution in [0.15, 0.2) is 42.5 Å². The average Bonchev–Trinajstić information content (AvgIpc) is 2.58. The number of ether oxygens (including phenoxy) is 1. The van der Waals surface area contributed by atoms with Crippen LogP contribution in [0.2, 0.25) is 0 Å². The van der Waals surface area contributed by atoms with E-state index in [4.69, 9.17) is 4.74 Å². The fourth-order valence-electron chi connectivity index (χ4n) is 2.84. The molecule has 1 amide bonds. The number of benzene rings is 2. The van der Waals surface area contributed by atoms with Crippen molar-refractivity contribution in [1.29, 1.82) is 0 Å². The minimum Gasteiger partial charge on any atom is -0.483 e. The standard InChI is InChI=1S/C22H29NO2/c1-6-20(18-10-7-16(4)8-11-18)23-22(24)14-25-21-13-17(5)9-12-19(21)15(2)3/h7-13,15,20H,6,14H2,1-5H3,(H,23,24)/t20-/m0/s1. The zero-order chi connectivity index (χ0) is 18.4. The zero-order valence-electron chi connectivity index (χ0n) is 15.9. The first kappa shape index (κ1) is 19.0. The van der Waals surface area contributed by atoms with Gasteiger partial charge in [-0.2, -0.15) is 0 Å². The first-order valence-electron chi connectivity index (χ1n) is 9.00. The number of hydrogen-bond donors (Lipinski definition) is 1.